The number of Topliss-reactive ketones (excluding diaryl/α,β-unsaturated/α-hetero) is 1. The largest absolute Gasteiger partial charge is 0.497 e. The van der Waals surface area contributed by atoms with Crippen LogP contribution in [0.15, 0.2) is 75.3 Å². The lowest BCUT2D eigenvalue weighted by atomic mass is 10.1. The number of ether oxygens (including phenoxy) is 2. The molecule has 0 atom stereocenters. The van der Waals surface area contributed by atoms with Crippen molar-refractivity contribution in [3.05, 3.63) is 81.1 Å². The number of rotatable bonds is 6. The highest BCUT2D eigenvalue weighted by molar-refractivity contribution is 7.12. The van der Waals surface area contributed by atoms with Gasteiger partial charge in [0.1, 0.15) is 11.3 Å². The van der Waals surface area contributed by atoms with Crippen LogP contribution in [-0.4, -0.2) is 19.5 Å². The van der Waals surface area contributed by atoms with Gasteiger partial charge in [0.05, 0.1) is 17.4 Å². The minimum atomic E-state index is -0.313. The molecule has 0 saturated heterocycles. The molecule has 2 heterocycles. The summed E-state index contributed by atoms with van der Waals surface area (Å²) in [4.78, 5) is 25.9. The van der Waals surface area contributed by atoms with E-state index in [9.17, 15) is 9.59 Å². The molecule has 6 heteroatoms. The number of carbonyl (C=O) groups is 1. The van der Waals surface area contributed by atoms with Crippen LogP contribution in [0.2, 0.25) is 0 Å². The molecule has 0 spiro atoms. The van der Waals surface area contributed by atoms with Gasteiger partial charge in [0.25, 0.3) is 0 Å². The molecule has 4 aromatic rings. The topological polar surface area (TPSA) is 65.7 Å². The second-order valence-electron chi connectivity index (χ2n) is 6.00. The van der Waals surface area contributed by atoms with Gasteiger partial charge in [-0.3, -0.25) is 9.59 Å². The average molecular weight is 392 g/mol. The summed E-state index contributed by atoms with van der Waals surface area (Å²) in [5, 5.41) is 2.22. The van der Waals surface area contributed by atoms with Crippen LogP contribution in [0, 0.1) is 0 Å². The van der Waals surface area contributed by atoms with Crippen LogP contribution in [0.5, 0.6) is 11.5 Å². The molecule has 0 amide bonds. The van der Waals surface area contributed by atoms with Gasteiger partial charge in [-0.2, -0.15) is 0 Å². The van der Waals surface area contributed by atoms with Crippen LogP contribution in [0.25, 0.3) is 22.3 Å². The van der Waals surface area contributed by atoms with Crippen molar-refractivity contribution in [1.29, 1.82) is 0 Å². The van der Waals surface area contributed by atoms with Crippen LogP contribution in [0.4, 0.5) is 0 Å². The predicted octanol–water partition coefficient (Wildman–Crippen LogP) is 4.79. The van der Waals surface area contributed by atoms with Crippen molar-refractivity contribution in [3.8, 4) is 22.8 Å². The average Bonchev–Trinajstić information content (AvgIpc) is 3.28. The van der Waals surface area contributed by atoms with Gasteiger partial charge in [0.15, 0.2) is 12.4 Å². The number of carbonyl (C=O) groups excluding carboxylic acids is 1. The van der Waals surface area contributed by atoms with Gasteiger partial charge in [-0.15, -0.1) is 11.3 Å². The van der Waals surface area contributed by atoms with Gasteiger partial charge >= 0.3 is 0 Å². The minimum Gasteiger partial charge on any atom is -0.497 e. The lowest BCUT2D eigenvalue weighted by Gasteiger charge is -2.11. The third-order valence-corrected chi connectivity index (χ3v) is 5.16. The molecule has 140 valence electrons. The first kappa shape index (κ1) is 18.0. The Labute approximate surface area is 164 Å². The highest BCUT2D eigenvalue weighted by Gasteiger charge is 2.19. The Morgan fingerprint density at radius 1 is 1.04 bits per heavy atom. The van der Waals surface area contributed by atoms with Crippen molar-refractivity contribution in [2.45, 2.75) is 0 Å². The second kappa shape index (κ2) is 7.70. The van der Waals surface area contributed by atoms with Crippen molar-refractivity contribution in [3.63, 3.8) is 0 Å². The summed E-state index contributed by atoms with van der Waals surface area (Å²) in [5.41, 5.74) is 0.795. The molecular weight excluding hydrogens is 376 g/mol. The van der Waals surface area contributed by atoms with E-state index in [-0.39, 0.29) is 29.3 Å². The normalized spacial score (nSPS) is 10.8. The van der Waals surface area contributed by atoms with Crippen molar-refractivity contribution >= 4 is 28.1 Å². The number of para-hydroxylation sites is 1. The smallest absolute Gasteiger partial charge is 0.235 e. The minimum absolute atomic E-state index is 0.0220. The van der Waals surface area contributed by atoms with Gasteiger partial charge in [-0.1, -0.05) is 18.2 Å². The van der Waals surface area contributed by atoms with Crippen LogP contribution in [0.1, 0.15) is 9.67 Å². The zero-order chi connectivity index (χ0) is 19.5. The van der Waals surface area contributed by atoms with E-state index in [4.69, 9.17) is 13.9 Å². The Morgan fingerprint density at radius 3 is 2.54 bits per heavy atom. The maximum Gasteiger partial charge on any atom is 0.235 e. The molecule has 0 saturated carbocycles. The zero-order valence-corrected chi connectivity index (χ0v) is 15.8. The third-order valence-electron chi connectivity index (χ3n) is 4.25. The van der Waals surface area contributed by atoms with E-state index in [2.05, 4.69) is 0 Å². The van der Waals surface area contributed by atoms with Gasteiger partial charge < -0.3 is 13.9 Å². The van der Waals surface area contributed by atoms with Gasteiger partial charge in [0, 0.05) is 5.56 Å². The first-order chi connectivity index (χ1) is 13.7. The summed E-state index contributed by atoms with van der Waals surface area (Å²) in [6.45, 7) is -0.243. The Balaban J connectivity index is 1.78. The number of thiophene rings is 1. The molecule has 2 aromatic carbocycles. The summed E-state index contributed by atoms with van der Waals surface area (Å²) < 4.78 is 16.9. The Hall–Kier alpha value is -3.38. The lowest BCUT2D eigenvalue weighted by molar-refractivity contribution is 0.0924. The number of hydrogen-bond donors (Lipinski definition) is 0. The molecule has 0 aliphatic rings. The number of ketones is 1. The third kappa shape index (κ3) is 3.42. The van der Waals surface area contributed by atoms with E-state index in [0.717, 1.165) is 0 Å². The molecule has 4 rings (SSSR count). The van der Waals surface area contributed by atoms with E-state index in [0.29, 0.717) is 27.2 Å². The van der Waals surface area contributed by atoms with E-state index < -0.39 is 0 Å². The quantitative estimate of drug-likeness (QED) is 0.441. The van der Waals surface area contributed by atoms with Gasteiger partial charge in [0.2, 0.25) is 17.0 Å². The summed E-state index contributed by atoms with van der Waals surface area (Å²) in [6, 6.07) is 17.6. The molecular formula is C22H16O5S. The molecule has 0 radical (unpaired) electrons. The van der Waals surface area contributed by atoms with Crippen molar-refractivity contribution < 1.29 is 18.7 Å². The lowest BCUT2D eigenvalue weighted by Crippen LogP contribution is -2.16. The SMILES string of the molecule is COc1ccc(-c2oc3ccccc3c(=O)c2OCC(=O)c2cccs2)cc1. The standard InChI is InChI=1S/C22H16O5S/c1-25-15-10-8-14(9-11-15)21-22(26-13-17(23)19-7-4-12-28-19)20(24)16-5-2-3-6-18(16)27-21/h2-12H,13H2,1H3. The zero-order valence-electron chi connectivity index (χ0n) is 15.0. The van der Waals surface area contributed by atoms with Crippen molar-refractivity contribution in [2.75, 3.05) is 13.7 Å². The number of hydrogen-bond acceptors (Lipinski definition) is 6. The second-order valence-corrected chi connectivity index (χ2v) is 6.95. The van der Waals surface area contributed by atoms with Gasteiger partial charge in [-0.25, -0.2) is 0 Å². The van der Waals surface area contributed by atoms with Crippen molar-refractivity contribution in [1.82, 2.24) is 0 Å². The Bertz CT molecular complexity index is 1170. The molecule has 0 aliphatic heterocycles. The van der Waals surface area contributed by atoms with E-state index in [1.54, 1.807) is 67.8 Å². The summed E-state index contributed by atoms with van der Waals surface area (Å²) in [6.07, 6.45) is 0. The fourth-order valence-corrected chi connectivity index (χ4v) is 3.49. The van der Waals surface area contributed by atoms with Gasteiger partial charge in [-0.05, 0) is 47.8 Å². The van der Waals surface area contributed by atoms with Crippen LogP contribution in [-0.2, 0) is 0 Å². The maximum atomic E-state index is 13.0. The molecule has 0 N–H and O–H groups in total. The van der Waals surface area contributed by atoms with Crippen LogP contribution in [0.3, 0.4) is 0 Å². The monoisotopic (exact) mass is 392 g/mol. The fraction of sp³-hybridized carbons (Fsp3) is 0.0909. The molecule has 0 fully saturated rings. The first-order valence-corrected chi connectivity index (χ1v) is 9.45. The number of fused-ring (bicyclic) bond motifs is 1. The summed E-state index contributed by atoms with van der Waals surface area (Å²) in [5.74, 6) is 0.796. The maximum absolute atomic E-state index is 13.0. The predicted molar refractivity (Wildman–Crippen MR) is 109 cm³/mol. The van der Waals surface area contributed by atoms with E-state index in [1.165, 1.54) is 11.3 Å². The first-order valence-electron chi connectivity index (χ1n) is 8.57. The molecule has 0 aliphatic carbocycles. The molecule has 2 aromatic heterocycles. The van der Waals surface area contributed by atoms with Crippen molar-refractivity contribution in [2.24, 2.45) is 0 Å². The molecule has 0 bridgehead atoms. The van der Waals surface area contributed by atoms with Crippen LogP contribution >= 0.6 is 11.3 Å². The van der Waals surface area contributed by atoms with E-state index >= 15 is 0 Å². The van der Waals surface area contributed by atoms with Crippen LogP contribution < -0.4 is 14.9 Å². The molecule has 0 unspecified atom stereocenters. The highest BCUT2D eigenvalue weighted by atomic mass is 32.1. The summed E-state index contributed by atoms with van der Waals surface area (Å²) >= 11 is 1.33. The Kier molecular flexibility index (Phi) is 4.95. The molecule has 28 heavy (non-hydrogen) atoms. The van der Waals surface area contributed by atoms with E-state index in [1.807, 2.05) is 5.38 Å². The molecule has 5 nitrogen and oxygen atoms in total. The number of methoxy groups -OCH3 is 1. The highest BCUT2D eigenvalue weighted by Crippen LogP contribution is 2.32. The fourth-order valence-electron chi connectivity index (χ4n) is 2.83. The Morgan fingerprint density at radius 2 is 1.82 bits per heavy atom. The summed E-state index contributed by atoms with van der Waals surface area (Å²) in [7, 11) is 1.58. The number of benzene rings is 2.